The number of rotatable bonds is 4. The molecular formula is C17H18FN3O4S. The Hall–Kier alpha value is -2.36. The number of nitrogens with zero attached hydrogens (tertiary/aromatic N) is 2. The van der Waals surface area contributed by atoms with Crippen LogP contribution in [0.4, 0.5) is 10.1 Å². The second kappa shape index (κ2) is 7.10. The largest absolute Gasteiger partial charge is 0.326 e. The van der Waals surface area contributed by atoms with Gasteiger partial charge in [-0.3, -0.25) is 10.1 Å². The molecule has 2 aromatic carbocycles. The summed E-state index contributed by atoms with van der Waals surface area (Å²) in [7, 11) is -4.03. The molecule has 138 valence electrons. The molecule has 26 heavy (non-hydrogen) atoms. The van der Waals surface area contributed by atoms with Crippen molar-refractivity contribution in [1.82, 2.24) is 4.31 Å². The zero-order valence-electron chi connectivity index (χ0n) is 13.8. The number of piperidine rings is 1. The average molecular weight is 379 g/mol. The van der Waals surface area contributed by atoms with Gasteiger partial charge in [0.05, 0.1) is 4.92 Å². The number of para-hydroxylation sites is 1. The third kappa shape index (κ3) is 3.46. The molecule has 0 aliphatic carbocycles. The Balaban J connectivity index is 1.84. The third-order valence-electron chi connectivity index (χ3n) is 4.60. The topological polar surface area (TPSA) is 107 Å². The van der Waals surface area contributed by atoms with E-state index < -0.39 is 26.7 Å². The van der Waals surface area contributed by atoms with Crippen LogP contribution in [0.3, 0.4) is 0 Å². The second-order valence-corrected chi connectivity index (χ2v) is 8.10. The standard InChI is InChI=1S/C17H18FN3O4S/c18-13-7-5-12(6-8-13)14-9-10-20(11-15(14)19)26(24,25)17-4-2-1-3-16(17)21(22)23/h1-8,14-15H,9-11,19H2/t14-,15+/m0/s1. The maximum absolute atomic E-state index is 13.1. The number of nitrogens with two attached hydrogens (primary N) is 1. The lowest BCUT2D eigenvalue weighted by Crippen LogP contribution is -2.49. The summed E-state index contributed by atoms with van der Waals surface area (Å²) in [6.45, 7) is 0.223. The van der Waals surface area contributed by atoms with E-state index in [1.165, 1.54) is 34.6 Å². The van der Waals surface area contributed by atoms with Gasteiger partial charge in [-0.15, -0.1) is 0 Å². The Bertz CT molecular complexity index is 918. The molecule has 2 N–H and O–H groups in total. The maximum atomic E-state index is 13.1. The molecule has 0 amide bonds. The predicted molar refractivity (Wildman–Crippen MR) is 93.6 cm³/mol. The van der Waals surface area contributed by atoms with Crippen LogP contribution in [0.2, 0.25) is 0 Å². The van der Waals surface area contributed by atoms with E-state index in [1.54, 1.807) is 12.1 Å². The van der Waals surface area contributed by atoms with Gasteiger partial charge < -0.3 is 5.73 Å². The highest BCUT2D eigenvalue weighted by atomic mass is 32.2. The monoisotopic (exact) mass is 379 g/mol. The number of nitro groups is 1. The normalized spacial score (nSPS) is 21.5. The highest BCUT2D eigenvalue weighted by Gasteiger charge is 2.37. The van der Waals surface area contributed by atoms with Gasteiger partial charge in [0.25, 0.3) is 5.69 Å². The van der Waals surface area contributed by atoms with Crippen LogP contribution in [0, 0.1) is 15.9 Å². The Labute approximate surface area is 150 Å². The number of hydrogen-bond donors (Lipinski definition) is 1. The molecule has 0 saturated carbocycles. The number of hydrogen-bond acceptors (Lipinski definition) is 5. The fraction of sp³-hybridized carbons (Fsp3) is 0.294. The second-order valence-electron chi connectivity index (χ2n) is 6.20. The van der Waals surface area contributed by atoms with Crippen molar-refractivity contribution in [2.75, 3.05) is 13.1 Å². The van der Waals surface area contributed by atoms with E-state index in [2.05, 4.69) is 0 Å². The Kier molecular flexibility index (Phi) is 5.03. The zero-order chi connectivity index (χ0) is 18.9. The van der Waals surface area contributed by atoms with Gasteiger partial charge in [-0.05, 0) is 30.2 Å². The quantitative estimate of drug-likeness (QED) is 0.648. The van der Waals surface area contributed by atoms with Gasteiger partial charge in [-0.1, -0.05) is 24.3 Å². The Morgan fingerprint density at radius 3 is 2.42 bits per heavy atom. The smallest absolute Gasteiger partial charge is 0.289 e. The first-order valence-electron chi connectivity index (χ1n) is 8.05. The van der Waals surface area contributed by atoms with E-state index >= 15 is 0 Å². The molecule has 2 atom stereocenters. The minimum Gasteiger partial charge on any atom is -0.326 e. The van der Waals surface area contributed by atoms with Crippen LogP contribution >= 0.6 is 0 Å². The van der Waals surface area contributed by atoms with Crippen LogP contribution < -0.4 is 5.73 Å². The minimum atomic E-state index is -4.03. The van der Waals surface area contributed by atoms with Crippen molar-refractivity contribution >= 4 is 15.7 Å². The summed E-state index contributed by atoms with van der Waals surface area (Å²) in [6, 6.07) is 10.7. The summed E-state index contributed by atoms with van der Waals surface area (Å²) in [6.07, 6.45) is 0.451. The lowest BCUT2D eigenvalue weighted by molar-refractivity contribution is -0.387. The lowest BCUT2D eigenvalue weighted by Gasteiger charge is -2.36. The van der Waals surface area contributed by atoms with Gasteiger partial charge in [0.1, 0.15) is 5.82 Å². The molecule has 1 saturated heterocycles. The van der Waals surface area contributed by atoms with E-state index in [0.29, 0.717) is 6.42 Å². The highest BCUT2D eigenvalue weighted by Crippen LogP contribution is 2.32. The molecule has 3 rings (SSSR count). The summed E-state index contributed by atoms with van der Waals surface area (Å²) >= 11 is 0. The van der Waals surface area contributed by atoms with Gasteiger partial charge >= 0.3 is 0 Å². The molecule has 1 fully saturated rings. The van der Waals surface area contributed by atoms with E-state index in [0.717, 1.165) is 11.6 Å². The molecular weight excluding hydrogens is 361 g/mol. The Morgan fingerprint density at radius 2 is 1.81 bits per heavy atom. The lowest BCUT2D eigenvalue weighted by atomic mass is 9.86. The van der Waals surface area contributed by atoms with Crippen molar-refractivity contribution in [3.05, 3.63) is 70.0 Å². The zero-order valence-corrected chi connectivity index (χ0v) is 14.6. The van der Waals surface area contributed by atoms with Gasteiger partial charge in [-0.25, -0.2) is 12.8 Å². The van der Waals surface area contributed by atoms with Crippen molar-refractivity contribution < 1.29 is 17.7 Å². The van der Waals surface area contributed by atoms with Gasteiger partial charge in [0.2, 0.25) is 10.0 Å². The average Bonchev–Trinajstić information content (AvgIpc) is 2.62. The maximum Gasteiger partial charge on any atom is 0.289 e. The van der Waals surface area contributed by atoms with E-state index in [4.69, 9.17) is 5.73 Å². The van der Waals surface area contributed by atoms with Gasteiger partial charge in [0, 0.05) is 31.1 Å². The minimum absolute atomic E-state index is 0.0381. The van der Waals surface area contributed by atoms with Crippen LogP contribution in [-0.4, -0.2) is 36.8 Å². The fourth-order valence-corrected chi connectivity index (χ4v) is 4.91. The molecule has 2 aromatic rings. The molecule has 1 aliphatic heterocycles. The summed E-state index contributed by atoms with van der Waals surface area (Å²) in [4.78, 5) is 10.1. The van der Waals surface area contributed by atoms with E-state index in [1.807, 2.05) is 0 Å². The predicted octanol–water partition coefficient (Wildman–Crippen LogP) is 2.24. The number of nitro benzene ring substituents is 1. The van der Waals surface area contributed by atoms with Crippen LogP contribution in [0.15, 0.2) is 53.4 Å². The summed E-state index contributed by atoms with van der Waals surface area (Å²) in [5.41, 5.74) is 6.57. The number of sulfonamides is 1. The van der Waals surface area contributed by atoms with E-state index in [-0.39, 0.29) is 29.7 Å². The highest BCUT2D eigenvalue weighted by molar-refractivity contribution is 7.89. The fourth-order valence-electron chi connectivity index (χ4n) is 3.26. The summed E-state index contributed by atoms with van der Waals surface area (Å²) < 4.78 is 40.0. The van der Waals surface area contributed by atoms with Crippen molar-refractivity contribution in [3.8, 4) is 0 Å². The summed E-state index contributed by atoms with van der Waals surface area (Å²) in [5, 5.41) is 11.1. The number of benzene rings is 2. The Morgan fingerprint density at radius 1 is 1.15 bits per heavy atom. The molecule has 0 radical (unpaired) electrons. The molecule has 1 heterocycles. The van der Waals surface area contributed by atoms with Crippen molar-refractivity contribution in [2.45, 2.75) is 23.3 Å². The van der Waals surface area contributed by atoms with Crippen LogP contribution in [0.25, 0.3) is 0 Å². The first-order chi connectivity index (χ1) is 12.3. The van der Waals surface area contributed by atoms with Crippen LogP contribution in [0.1, 0.15) is 17.9 Å². The van der Waals surface area contributed by atoms with Crippen LogP contribution in [0.5, 0.6) is 0 Å². The SMILES string of the molecule is N[C@@H]1CN(S(=O)(=O)c2ccccc2[N+](=O)[O-])CC[C@H]1c1ccc(F)cc1. The molecule has 0 spiro atoms. The first kappa shape index (κ1) is 18.4. The molecule has 0 unspecified atom stereocenters. The summed E-state index contributed by atoms with van der Waals surface area (Å²) in [5.74, 6) is -0.452. The number of halogens is 1. The molecule has 7 nitrogen and oxygen atoms in total. The van der Waals surface area contributed by atoms with E-state index in [9.17, 15) is 22.9 Å². The molecule has 0 aromatic heterocycles. The molecule has 0 bridgehead atoms. The van der Waals surface area contributed by atoms with Crippen molar-refractivity contribution in [1.29, 1.82) is 0 Å². The molecule has 1 aliphatic rings. The van der Waals surface area contributed by atoms with Gasteiger partial charge in [0.15, 0.2) is 4.90 Å². The third-order valence-corrected chi connectivity index (χ3v) is 6.51. The molecule has 9 heteroatoms. The van der Waals surface area contributed by atoms with Crippen molar-refractivity contribution in [3.63, 3.8) is 0 Å². The van der Waals surface area contributed by atoms with Crippen LogP contribution in [-0.2, 0) is 10.0 Å². The van der Waals surface area contributed by atoms with Gasteiger partial charge in [-0.2, -0.15) is 4.31 Å². The van der Waals surface area contributed by atoms with Crippen molar-refractivity contribution in [2.24, 2.45) is 5.73 Å². The first-order valence-corrected chi connectivity index (χ1v) is 9.49.